The Labute approximate surface area is 138 Å². The Bertz CT molecular complexity index is 675. The lowest BCUT2D eigenvalue weighted by Gasteiger charge is -2.36. The number of para-hydroxylation sites is 1. The van der Waals surface area contributed by atoms with Gasteiger partial charge in [-0.3, -0.25) is 0 Å². The molecule has 1 aromatic heterocycles. The molecule has 1 heterocycles. The van der Waals surface area contributed by atoms with Gasteiger partial charge >= 0.3 is 0 Å². The molecule has 0 radical (unpaired) electrons. The van der Waals surface area contributed by atoms with Crippen LogP contribution in [-0.2, 0) is 0 Å². The smallest absolute Gasteiger partial charge is 0.213 e. The van der Waals surface area contributed by atoms with Gasteiger partial charge in [-0.05, 0) is 42.9 Å². The van der Waals surface area contributed by atoms with Gasteiger partial charge in [0.25, 0.3) is 0 Å². The third kappa shape index (κ3) is 3.55. The average molecular weight is 308 g/mol. The molecule has 1 aliphatic carbocycles. The van der Waals surface area contributed by atoms with Gasteiger partial charge in [-0.15, -0.1) is 0 Å². The zero-order chi connectivity index (χ0) is 16.3. The van der Waals surface area contributed by atoms with E-state index in [1.54, 1.807) is 7.11 Å². The lowest BCUT2D eigenvalue weighted by molar-refractivity contribution is 0.318. The van der Waals surface area contributed by atoms with Crippen LogP contribution >= 0.6 is 0 Å². The standard InChI is InChI=1S/C20H24N2O/c1-20(2)13-7-10-17(14-20)22(16-8-5-4-6-9-16)18-11-12-19(23-3)21-15-18/h4-6,8-12,15H,7,13-14H2,1-3H3. The first-order valence-corrected chi connectivity index (χ1v) is 8.13. The number of anilines is 2. The van der Waals surface area contributed by atoms with Crippen LogP contribution in [0.15, 0.2) is 60.4 Å². The molecule has 0 unspecified atom stereocenters. The maximum atomic E-state index is 5.19. The van der Waals surface area contributed by atoms with Crippen LogP contribution in [0.4, 0.5) is 11.4 Å². The molecule has 3 nitrogen and oxygen atoms in total. The number of benzene rings is 1. The molecule has 2 aromatic rings. The molecule has 0 aliphatic heterocycles. The molecular weight excluding hydrogens is 284 g/mol. The largest absolute Gasteiger partial charge is 0.481 e. The molecule has 1 aliphatic rings. The first kappa shape index (κ1) is 15.6. The summed E-state index contributed by atoms with van der Waals surface area (Å²) in [5.41, 5.74) is 3.92. The molecule has 0 N–H and O–H groups in total. The van der Waals surface area contributed by atoms with Crippen LogP contribution in [0, 0.1) is 5.41 Å². The van der Waals surface area contributed by atoms with Crippen molar-refractivity contribution < 1.29 is 4.74 Å². The molecule has 1 aromatic carbocycles. The quantitative estimate of drug-likeness (QED) is 0.764. The van der Waals surface area contributed by atoms with E-state index in [0.717, 1.165) is 18.5 Å². The summed E-state index contributed by atoms with van der Waals surface area (Å²) in [6, 6.07) is 14.5. The summed E-state index contributed by atoms with van der Waals surface area (Å²) in [6.45, 7) is 4.69. The van der Waals surface area contributed by atoms with Gasteiger partial charge in [0.15, 0.2) is 0 Å². The number of rotatable bonds is 4. The van der Waals surface area contributed by atoms with Crippen molar-refractivity contribution in [3.05, 3.63) is 60.4 Å². The van der Waals surface area contributed by atoms with E-state index < -0.39 is 0 Å². The lowest BCUT2D eigenvalue weighted by Crippen LogP contribution is -2.25. The van der Waals surface area contributed by atoms with E-state index in [-0.39, 0.29) is 0 Å². The molecule has 23 heavy (non-hydrogen) atoms. The van der Waals surface area contributed by atoms with Crippen LogP contribution < -0.4 is 9.64 Å². The second kappa shape index (κ2) is 6.45. The topological polar surface area (TPSA) is 25.4 Å². The molecule has 0 amide bonds. The van der Waals surface area contributed by atoms with Crippen molar-refractivity contribution in [1.29, 1.82) is 0 Å². The predicted octanol–water partition coefficient (Wildman–Crippen LogP) is 5.32. The van der Waals surface area contributed by atoms with Crippen molar-refractivity contribution in [2.24, 2.45) is 5.41 Å². The van der Waals surface area contributed by atoms with Crippen LogP contribution in [0.25, 0.3) is 0 Å². The first-order valence-electron chi connectivity index (χ1n) is 8.13. The molecular formula is C20H24N2O. The van der Waals surface area contributed by atoms with Gasteiger partial charge in [-0.25, -0.2) is 4.98 Å². The Kier molecular flexibility index (Phi) is 4.37. The zero-order valence-electron chi connectivity index (χ0n) is 14.1. The van der Waals surface area contributed by atoms with Crippen LogP contribution in [0.5, 0.6) is 5.88 Å². The number of hydrogen-bond donors (Lipinski definition) is 0. The van der Waals surface area contributed by atoms with Gasteiger partial charge < -0.3 is 9.64 Å². The fourth-order valence-electron chi connectivity index (χ4n) is 3.13. The van der Waals surface area contributed by atoms with E-state index >= 15 is 0 Å². The van der Waals surface area contributed by atoms with Crippen LogP contribution in [0.3, 0.4) is 0 Å². The number of nitrogens with zero attached hydrogens (tertiary/aromatic N) is 2. The molecule has 0 atom stereocenters. The maximum absolute atomic E-state index is 5.19. The summed E-state index contributed by atoms with van der Waals surface area (Å²) in [4.78, 5) is 6.70. The van der Waals surface area contributed by atoms with Gasteiger partial charge in [0.1, 0.15) is 0 Å². The maximum Gasteiger partial charge on any atom is 0.213 e. The minimum absolute atomic E-state index is 0.330. The van der Waals surface area contributed by atoms with E-state index in [1.165, 1.54) is 17.8 Å². The molecule has 0 bridgehead atoms. The van der Waals surface area contributed by atoms with Crippen molar-refractivity contribution in [3.8, 4) is 5.88 Å². The monoisotopic (exact) mass is 308 g/mol. The highest BCUT2D eigenvalue weighted by Crippen LogP contribution is 2.41. The number of pyridine rings is 1. The minimum atomic E-state index is 0.330. The summed E-state index contributed by atoms with van der Waals surface area (Å²) < 4.78 is 5.19. The van der Waals surface area contributed by atoms with Gasteiger partial charge in [0, 0.05) is 17.5 Å². The fraction of sp³-hybridized carbons (Fsp3) is 0.350. The van der Waals surface area contributed by atoms with E-state index in [9.17, 15) is 0 Å². The molecule has 0 spiro atoms. The molecule has 0 saturated heterocycles. The highest BCUT2D eigenvalue weighted by Gasteiger charge is 2.27. The van der Waals surface area contributed by atoms with E-state index in [1.807, 2.05) is 18.3 Å². The number of allylic oxidation sites excluding steroid dienone is 2. The predicted molar refractivity (Wildman–Crippen MR) is 95.1 cm³/mol. The Morgan fingerprint density at radius 2 is 1.83 bits per heavy atom. The second-order valence-corrected chi connectivity index (χ2v) is 6.80. The van der Waals surface area contributed by atoms with Crippen molar-refractivity contribution in [2.75, 3.05) is 12.0 Å². The third-order valence-electron chi connectivity index (χ3n) is 4.35. The number of aromatic nitrogens is 1. The van der Waals surface area contributed by atoms with E-state index in [0.29, 0.717) is 11.3 Å². The van der Waals surface area contributed by atoms with Crippen molar-refractivity contribution >= 4 is 11.4 Å². The van der Waals surface area contributed by atoms with E-state index in [2.05, 4.69) is 60.1 Å². The molecule has 0 fully saturated rings. The highest BCUT2D eigenvalue weighted by atomic mass is 16.5. The zero-order valence-corrected chi connectivity index (χ0v) is 14.1. The lowest BCUT2D eigenvalue weighted by atomic mass is 9.79. The summed E-state index contributed by atoms with van der Waals surface area (Å²) in [6.07, 6.45) is 7.67. The molecule has 120 valence electrons. The Morgan fingerprint density at radius 1 is 1.04 bits per heavy atom. The second-order valence-electron chi connectivity index (χ2n) is 6.80. The summed E-state index contributed by atoms with van der Waals surface area (Å²) in [5.74, 6) is 0.639. The van der Waals surface area contributed by atoms with Crippen LogP contribution in [-0.4, -0.2) is 12.1 Å². The number of ether oxygens (including phenoxy) is 1. The summed E-state index contributed by atoms with van der Waals surface area (Å²) in [7, 11) is 1.64. The van der Waals surface area contributed by atoms with Crippen LogP contribution in [0.2, 0.25) is 0 Å². The van der Waals surface area contributed by atoms with Crippen LogP contribution in [0.1, 0.15) is 33.1 Å². The molecule has 3 rings (SSSR count). The first-order chi connectivity index (χ1) is 11.1. The van der Waals surface area contributed by atoms with Gasteiger partial charge in [0.2, 0.25) is 5.88 Å². The fourth-order valence-corrected chi connectivity index (χ4v) is 3.13. The highest BCUT2D eigenvalue weighted by molar-refractivity contribution is 5.68. The summed E-state index contributed by atoms with van der Waals surface area (Å²) >= 11 is 0. The minimum Gasteiger partial charge on any atom is -0.481 e. The third-order valence-corrected chi connectivity index (χ3v) is 4.35. The Morgan fingerprint density at radius 3 is 2.43 bits per heavy atom. The Hall–Kier alpha value is -2.29. The van der Waals surface area contributed by atoms with Crippen molar-refractivity contribution in [2.45, 2.75) is 33.1 Å². The Balaban J connectivity index is 2.02. The number of hydrogen-bond acceptors (Lipinski definition) is 3. The van der Waals surface area contributed by atoms with Gasteiger partial charge in [-0.1, -0.05) is 38.1 Å². The number of methoxy groups -OCH3 is 1. The molecule has 0 saturated carbocycles. The van der Waals surface area contributed by atoms with Crippen molar-refractivity contribution in [1.82, 2.24) is 4.98 Å². The normalized spacial score (nSPS) is 16.6. The van der Waals surface area contributed by atoms with Gasteiger partial charge in [0.05, 0.1) is 19.0 Å². The van der Waals surface area contributed by atoms with Crippen molar-refractivity contribution in [3.63, 3.8) is 0 Å². The summed E-state index contributed by atoms with van der Waals surface area (Å²) in [5, 5.41) is 0. The van der Waals surface area contributed by atoms with Gasteiger partial charge in [-0.2, -0.15) is 0 Å². The molecule has 3 heteroatoms. The van der Waals surface area contributed by atoms with E-state index in [4.69, 9.17) is 4.74 Å². The SMILES string of the molecule is COc1ccc(N(C2=CCCC(C)(C)C2)c2ccccc2)cn1. The average Bonchev–Trinajstić information content (AvgIpc) is 2.56.